The summed E-state index contributed by atoms with van der Waals surface area (Å²) in [6.07, 6.45) is 2.80. The second-order valence-corrected chi connectivity index (χ2v) is 4.74. The van der Waals surface area contributed by atoms with Crippen molar-refractivity contribution in [3.8, 4) is 0 Å². The van der Waals surface area contributed by atoms with Gasteiger partial charge in [-0.15, -0.1) is 0 Å². The van der Waals surface area contributed by atoms with Crippen molar-refractivity contribution in [3.63, 3.8) is 0 Å². The van der Waals surface area contributed by atoms with Gasteiger partial charge in [0.1, 0.15) is 12.0 Å². The summed E-state index contributed by atoms with van der Waals surface area (Å²) in [4.78, 5) is 22.3. The molecule has 0 bridgehead atoms. The molecular weight excluding hydrogens is 260 g/mol. The van der Waals surface area contributed by atoms with Crippen LogP contribution in [0.15, 0.2) is 12.4 Å². The molecule has 19 heavy (non-hydrogen) atoms. The van der Waals surface area contributed by atoms with E-state index in [1.807, 2.05) is 0 Å². The monoisotopic (exact) mass is 273 g/mol. The number of carbonyl (C=O) groups is 2. The van der Waals surface area contributed by atoms with Gasteiger partial charge in [-0.3, -0.25) is 14.3 Å². The molecule has 0 atom stereocenters. The largest absolute Gasteiger partial charge is 0.480 e. The molecule has 1 aliphatic rings. The van der Waals surface area contributed by atoms with Crippen molar-refractivity contribution >= 4 is 17.6 Å². The van der Waals surface area contributed by atoms with Crippen LogP contribution in [0.3, 0.4) is 0 Å². The van der Waals surface area contributed by atoms with Crippen LogP contribution in [0.1, 0.15) is 19.8 Å². The highest BCUT2D eigenvalue weighted by Crippen LogP contribution is 2.57. The first-order valence-electron chi connectivity index (χ1n) is 5.68. The van der Waals surface area contributed by atoms with Crippen LogP contribution in [0.25, 0.3) is 0 Å². The predicted molar refractivity (Wildman–Crippen MR) is 60.8 cm³/mol. The van der Waals surface area contributed by atoms with E-state index in [1.165, 1.54) is 12.4 Å². The minimum Gasteiger partial charge on any atom is -0.480 e. The van der Waals surface area contributed by atoms with E-state index in [1.54, 1.807) is 0 Å². The lowest BCUT2D eigenvalue weighted by Crippen LogP contribution is -2.37. The third kappa shape index (κ3) is 2.56. The molecule has 1 heterocycles. The SMILES string of the molecule is CC(F)(F)C1(C(=O)Nc2cnn(CC(=O)O)c2)CC1. The van der Waals surface area contributed by atoms with Gasteiger partial charge < -0.3 is 10.4 Å². The third-order valence-corrected chi connectivity index (χ3v) is 3.21. The summed E-state index contributed by atoms with van der Waals surface area (Å²) in [7, 11) is 0. The molecule has 0 saturated heterocycles. The predicted octanol–water partition coefficient (Wildman–Crippen LogP) is 1.34. The molecule has 8 heteroatoms. The molecule has 6 nitrogen and oxygen atoms in total. The Kier molecular flexibility index (Phi) is 3.03. The first-order chi connectivity index (χ1) is 8.74. The smallest absolute Gasteiger partial charge is 0.325 e. The van der Waals surface area contributed by atoms with E-state index >= 15 is 0 Å². The highest BCUT2D eigenvalue weighted by molar-refractivity contribution is 5.97. The Morgan fingerprint density at radius 1 is 1.58 bits per heavy atom. The Labute approximate surface area is 107 Å². The average Bonchev–Trinajstić information content (AvgIpc) is 2.97. The Balaban J connectivity index is 2.04. The number of anilines is 1. The van der Waals surface area contributed by atoms with E-state index in [4.69, 9.17) is 5.11 Å². The van der Waals surface area contributed by atoms with Crippen molar-refractivity contribution < 1.29 is 23.5 Å². The van der Waals surface area contributed by atoms with E-state index in [0.29, 0.717) is 0 Å². The van der Waals surface area contributed by atoms with Crippen molar-refractivity contribution in [2.75, 3.05) is 5.32 Å². The van der Waals surface area contributed by atoms with Crippen molar-refractivity contribution in [1.29, 1.82) is 0 Å². The fourth-order valence-corrected chi connectivity index (χ4v) is 1.89. The number of aromatic nitrogens is 2. The number of alkyl halides is 2. The number of rotatable bonds is 5. The van der Waals surface area contributed by atoms with E-state index in [9.17, 15) is 18.4 Å². The second-order valence-electron chi connectivity index (χ2n) is 4.74. The van der Waals surface area contributed by atoms with Gasteiger partial charge in [0.2, 0.25) is 5.91 Å². The topological polar surface area (TPSA) is 84.2 Å². The van der Waals surface area contributed by atoms with Gasteiger partial charge in [-0.05, 0) is 12.8 Å². The lowest BCUT2D eigenvalue weighted by molar-refractivity contribution is -0.138. The summed E-state index contributed by atoms with van der Waals surface area (Å²) in [5.74, 6) is -4.91. The highest BCUT2D eigenvalue weighted by Gasteiger charge is 2.64. The Morgan fingerprint density at radius 3 is 2.68 bits per heavy atom. The Bertz CT molecular complexity index is 518. The van der Waals surface area contributed by atoms with Gasteiger partial charge in [0, 0.05) is 13.1 Å². The summed E-state index contributed by atoms with van der Waals surface area (Å²) >= 11 is 0. The van der Waals surface area contributed by atoms with Crippen LogP contribution in [0.5, 0.6) is 0 Å². The van der Waals surface area contributed by atoms with Crippen LogP contribution < -0.4 is 5.32 Å². The molecule has 0 unspecified atom stereocenters. The van der Waals surface area contributed by atoms with Crippen molar-refractivity contribution in [2.24, 2.45) is 5.41 Å². The van der Waals surface area contributed by atoms with Crippen LogP contribution in [-0.2, 0) is 16.1 Å². The van der Waals surface area contributed by atoms with Crippen LogP contribution in [-0.4, -0.2) is 32.7 Å². The molecule has 2 N–H and O–H groups in total. The van der Waals surface area contributed by atoms with E-state index in [2.05, 4.69) is 10.4 Å². The molecule has 1 aromatic heterocycles. The molecule has 0 radical (unpaired) electrons. The molecule has 1 fully saturated rings. The van der Waals surface area contributed by atoms with Crippen LogP contribution in [0, 0.1) is 5.41 Å². The molecular formula is C11H13F2N3O3. The molecule has 0 aromatic carbocycles. The molecule has 1 amide bonds. The molecule has 0 spiro atoms. The summed E-state index contributed by atoms with van der Waals surface area (Å²) in [5.41, 5.74) is -1.43. The fraction of sp³-hybridized carbons (Fsp3) is 0.545. The van der Waals surface area contributed by atoms with Gasteiger partial charge in [-0.25, -0.2) is 8.78 Å². The Morgan fingerprint density at radius 2 is 2.21 bits per heavy atom. The van der Waals surface area contributed by atoms with Gasteiger partial charge in [0.15, 0.2) is 0 Å². The lowest BCUT2D eigenvalue weighted by Gasteiger charge is -2.21. The molecule has 1 aliphatic carbocycles. The maximum absolute atomic E-state index is 13.3. The minimum atomic E-state index is -3.08. The summed E-state index contributed by atoms with van der Waals surface area (Å²) in [6.45, 7) is 0.373. The first kappa shape index (κ1) is 13.4. The van der Waals surface area contributed by atoms with E-state index in [0.717, 1.165) is 11.6 Å². The molecule has 104 valence electrons. The van der Waals surface area contributed by atoms with Crippen molar-refractivity contribution in [1.82, 2.24) is 9.78 Å². The number of carboxylic acid groups (broad SMARTS) is 1. The molecule has 0 aliphatic heterocycles. The van der Waals surface area contributed by atoms with Crippen molar-refractivity contribution in [2.45, 2.75) is 32.2 Å². The van der Waals surface area contributed by atoms with Gasteiger partial charge in [-0.2, -0.15) is 5.10 Å². The van der Waals surface area contributed by atoms with Crippen LogP contribution in [0.2, 0.25) is 0 Å². The number of aliphatic carboxylic acids is 1. The maximum atomic E-state index is 13.3. The highest BCUT2D eigenvalue weighted by atomic mass is 19.3. The van der Waals surface area contributed by atoms with Gasteiger partial charge in [0.25, 0.3) is 5.92 Å². The number of carbonyl (C=O) groups excluding carboxylic acids is 1. The van der Waals surface area contributed by atoms with Gasteiger partial charge >= 0.3 is 5.97 Å². The van der Waals surface area contributed by atoms with Crippen molar-refractivity contribution in [3.05, 3.63) is 12.4 Å². The Hall–Kier alpha value is -1.99. The van der Waals surface area contributed by atoms with E-state index in [-0.39, 0.29) is 25.1 Å². The maximum Gasteiger partial charge on any atom is 0.325 e. The normalized spacial score (nSPS) is 17.0. The second kappa shape index (κ2) is 4.29. The average molecular weight is 273 g/mol. The number of nitrogens with zero attached hydrogens (tertiary/aromatic N) is 2. The molecule has 1 saturated carbocycles. The summed E-state index contributed by atoms with van der Waals surface area (Å²) in [5, 5.41) is 14.6. The van der Waals surface area contributed by atoms with Crippen LogP contribution >= 0.6 is 0 Å². The zero-order chi connectivity index (χ0) is 14.3. The van der Waals surface area contributed by atoms with E-state index < -0.39 is 23.2 Å². The van der Waals surface area contributed by atoms with Crippen LogP contribution in [0.4, 0.5) is 14.5 Å². The summed E-state index contributed by atoms with van der Waals surface area (Å²) < 4.78 is 27.8. The quantitative estimate of drug-likeness (QED) is 0.848. The number of hydrogen-bond donors (Lipinski definition) is 2. The number of nitrogens with one attached hydrogen (secondary N) is 1. The van der Waals surface area contributed by atoms with Gasteiger partial charge in [-0.1, -0.05) is 0 Å². The molecule has 2 rings (SSSR count). The lowest BCUT2D eigenvalue weighted by atomic mass is 9.98. The van der Waals surface area contributed by atoms with Gasteiger partial charge in [0.05, 0.1) is 11.9 Å². The third-order valence-electron chi connectivity index (χ3n) is 3.21. The first-order valence-corrected chi connectivity index (χ1v) is 5.68. The fourth-order valence-electron chi connectivity index (χ4n) is 1.89. The zero-order valence-electron chi connectivity index (χ0n) is 10.2. The summed E-state index contributed by atoms with van der Waals surface area (Å²) in [6, 6.07) is 0. The number of hydrogen-bond acceptors (Lipinski definition) is 3. The minimum absolute atomic E-state index is 0.144. The zero-order valence-corrected chi connectivity index (χ0v) is 10.2. The number of carboxylic acids is 1. The number of halogens is 2. The number of amides is 1. The standard InChI is InChI=1S/C11H13F2N3O3/c1-10(12,13)11(2-3-11)9(19)15-7-4-14-16(5-7)6-8(17)18/h4-5H,2-3,6H2,1H3,(H,15,19)(H,17,18). The molecule has 1 aromatic rings.